The molecule has 1 aromatic carbocycles. The van der Waals surface area contributed by atoms with Crippen molar-refractivity contribution in [3.8, 4) is 0 Å². The molecule has 1 aromatic rings. The number of hydrogen-bond acceptors (Lipinski definition) is 4. The molecule has 0 saturated carbocycles. The van der Waals surface area contributed by atoms with Crippen LogP contribution in [0, 0.1) is 0 Å². The van der Waals surface area contributed by atoms with E-state index in [2.05, 4.69) is 32.0 Å². The van der Waals surface area contributed by atoms with Crippen molar-refractivity contribution in [1.82, 2.24) is 0 Å². The van der Waals surface area contributed by atoms with Crippen LogP contribution >= 0.6 is 17.1 Å². The molecule has 0 spiro atoms. The summed E-state index contributed by atoms with van der Waals surface area (Å²) in [6, 6.07) is 6.48. The first-order valence-electron chi connectivity index (χ1n) is 15.8. The first-order chi connectivity index (χ1) is 18.0. The Hall–Kier alpha value is 0.763. The molecule has 0 aliphatic rings. The third-order valence-corrected chi connectivity index (χ3v) is 10.2. The third-order valence-electron chi connectivity index (χ3n) is 7.46. The average Bonchev–Trinajstić information content (AvgIpc) is 2.86. The third kappa shape index (κ3) is 23.5. The largest absolute Gasteiger partial charge is 2.00 e. The Morgan fingerprint density at radius 3 is 1.34 bits per heavy atom. The molecule has 0 aromatic heterocycles. The maximum Gasteiger partial charge on any atom is 2.00 e. The second-order valence-corrected chi connectivity index (χ2v) is 16.7. The molecule has 0 saturated heterocycles. The predicted molar refractivity (Wildman–Crippen MR) is 167 cm³/mol. The van der Waals surface area contributed by atoms with Crippen LogP contribution in [0.2, 0.25) is 0 Å². The minimum absolute atomic E-state index is 0. The number of aryl methyl sites for hydroxylation is 2. The van der Waals surface area contributed by atoms with E-state index in [-0.39, 0.29) is 19.5 Å². The van der Waals surface area contributed by atoms with Gasteiger partial charge in [0.15, 0.2) is 0 Å². The van der Waals surface area contributed by atoms with E-state index in [1.807, 2.05) is 0 Å². The van der Waals surface area contributed by atoms with E-state index < -0.39 is 5.69 Å². The summed E-state index contributed by atoms with van der Waals surface area (Å²) in [4.78, 5) is 24.7. The molecule has 2 nitrogen and oxygen atoms in total. The quantitative estimate of drug-likeness (QED) is 0.0578. The van der Waals surface area contributed by atoms with E-state index in [1.54, 1.807) is 0 Å². The van der Waals surface area contributed by atoms with E-state index >= 15 is 0 Å². The molecule has 216 valence electrons. The van der Waals surface area contributed by atoms with Gasteiger partial charge in [-0.3, -0.25) is 0 Å². The first kappa shape index (κ1) is 38.8. The fourth-order valence-electron chi connectivity index (χ4n) is 5.14. The van der Waals surface area contributed by atoms with Crippen molar-refractivity contribution in [2.75, 3.05) is 0 Å². The summed E-state index contributed by atoms with van der Waals surface area (Å²) in [5, 5.41) is 0. The monoisotopic (exact) mass is 632 g/mol. The van der Waals surface area contributed by atoms with Gasteiger partial charge in [0.2, 0.25) is 0 Å². The summed E-state index contributed by atoms with van der Waals surface area (Å²) in [6.45, 7) is 4.54. The van der Waals surface area contributed by atoms with Crippen molar-refractivity contribution in [3.63, 3.8) is 0 Å². The van der Waals surface area contributed by atoms with Gasteiger partial charge in [-0.2, -0.15) is 5.69 Å². The van der Waals surface area contributed by atoms with Crippen molar-refractivity contribution in [1.29, 1.82) is 0 Å². The number of rotatable bonds is 26. The molecule has 38 heavy (non-hydrogen) atoms. The summed E-state index contributed by atoms with van der Waals surface area (Å²) in [5.74, 6) is 0. The van der Waals surface area contributed by atoms with Crippen molar-refractivity contribution in [2.24, 2.45) is 0 Å². The van der Waals surface area contributed by atoms with Crippen molar-refractivity contribution in [3.05, 3.63) is 29.3 Å². The molecule has 0 N–H and O–H groups in total. The van der Waals surface area contributed by atoms with E-state index in [0.29, 0.717) is 0 Å². The predicted octanol–water partition coefficient (Wildman–Crippen LogP) is 10.4. The first-order valence-corrected chi connectivity index (χ1v) is 19.9. The van der Waals surface area contributed by atoms with Crippen LogP contribution in [0.3, 0.4) is 0 Å². The van der Waals surface area contributed by atoms with Crippen molar-refractivity contribution >= 4 is 28.9 Å². The van der Waals surface area contributed by atoms with Crippen LogP contribution in [0.1, 0.15) is 166 Å². The Labute approximate surface area is 259 Å². The van der Waals surface area contributed by atoms with E-state index in [0.717, 1.165) is 41.1 Å². The van der Waals surface area contributed by atoms with Gasteiger partial charge in [0.05, 0.1) is 0 Å². The Morgan fingerprint density at radius 1 is 0.579 bits per heavy atom. The van der Waals surface area contributed by atoms with E-state index in [1.165, 1.54) is 140 Å². The van der Waals surface area contributed by atoms with Gasteiger partial charge in [-0.1, -0.05) is 154 Å². The van der Waals surface area contributed by atoms with Gasteiger partial charge < -0.3 is 9.79 Å². The Bertz CT molecular complexity index is 711. The molecule has 0 heterocycles. The molecular formula is C32H57O2PS2Zn. The van der Waals surface area contributed by atoms with E-state index in [4.69, 9.17) is 11.8 Å². The average molecular weight is 634 g/mol. The Morgan fingerprint density at radius 2 is 0.947 bits per heavy atom. The molecule has 0 aliphatic heterocycles. The zero-order valence-electron chi connectivity index (χ0n) is 25.0. The maximum atomic E-state index is 11.9. The fraction of sp³-hybridized carbons (Fsp3) is 0.812. The molecular weight excluding hydrogens is 577 g/mol. The topological polar surface area (TPSA) is 46.1 Å². The summed E-state index contributed by atoms with van der Waals surface area (Å²) in [5.41, 5.74) is -1.40. The molecule has 1 rings (SSSR count). The Balaban J connectivity index is 0.0000137. The summed E-state index contributed by atoms with van der Waals surface area (Å²) in [7, 11) is 0. The van der Waals surface area contributed by atoms with Gasteiger partial charge >= 0.3 is 19.5 Å². The molecule has 0 aliphatic carbocycles. The van der Waals surface area contributed by atoms with Crippen molar-refractivity contribution < 1.29 is 29.3 Å². The maximum absolute atomic E-state index is 11.9. The van der Waals surface area contributed by atoms with Gasteiger partial charge in [-0.25, -0.2) is 0 Å². The van der Waals surface area contributed by atoms with Crippen LogP contribution in [0.25, 0.3) is 0 Å². The molecule has 0 unspecified atom stereocenters. The van der Waals surface area contributed by atoms with Gasteiger partial charge in [-0.05, 0) is 42.9 Å². The number of unbranched alkanes of at least 4 members (excludes halogenated alkanes) is 20. The van der Waals surface area contributed by atoms with Gasteiger partial charge in [-0.15, -0.1) is 23.2 Å². The summed E-state index contributed by atoms with van der Waals surface area (Å²) in [6.07, 6.45) is 31.4. The van der Waals surface area contributed by atoms with Crippen LogP contribution < -0.4 is 9.79 Å². The van der Waals surface area contributed by atoms with Crippen LogP contribution in [-0.4, -0.2) is 0 Å². The van der Waals surface area contributed by atoms with Crippen LogP contribution in [0.15, 0.2) is 23.1 Å². The number of hydrogen-bond donors (Lipinski definition) is 0. The zero-order valence-corrected chi connectivity index (χ0v) is 30.5. The second kappa shape index (κ2) is 26.6. The van der Waals surface area contributed by atoms with Crippen LogP contribution in [-0.2, 0) is 44.1 Å². The van der Waals surface area contributed by atoms with Gasteiger partial charge in [0.25, 0.3) is 0 Å². The normalized spacial score (nSPS) is 11.6. The van der Waals surface area contributed by atoms with Gasteiger partial charge in [0, 0.05) is 4.90 Å². The second-order valence-electron chi connectivity index (χ2n) is 11.1. The standard InChI is InChI=1S/C32H59O2PS2.Zn/c1-3-5-7-9-11-13-15-17-19-21-23-25-30-27-28-31(32(29-30)37-35(33,34)36)26-24-22-20-18-16-14-12-10-8-6-4-2;/h27-29H,3-26H2,1-2H3,(H2,33,34,36);/q;+2/p-2. The molecule has 0 atom stereocenters. The number of benzene rings is 1. The molecule has 0 fully saturated rings. The molecule has 6 heteroatoms. The van der Waals surface area contributed by atoms with Gasteiger partial charge in [0.1, 0.15) is 0 Å². The summed E-state index contributed by atoms with van der Waals surface area (Å²) < 4.78 is 0. The van der Waals surface area contributed by atoms with E-state index in [9.17, 15) is 9.79 Å². The molecule has 0 radical (unpaired) electrons. The molecule has 0 bridgehead atoms. The smallest absolute Gasteiger partial charge is 0.824 e. The summed E-state index contributed by atoms with van der Waals surface area (Å²) >= 11 is 5.65. The van der Waals surface area contributed by atoms with Crippen LogP contribution in [0.5, 0.6) is 0 Å². The fourth-order valence-corrected chi connectivity index (χ4v) is 7.83. The zero-order chi connectivity index (χ0) is 27.0. The van der Waals surface area contributed by atoms with Crippen LogP contribution in [0.4, 0.5) is 0 Å². The minimum Gasteiger partial charge on any atom is -0.824 e. The molecule has 0 amide bonds. The SMILES string of the molecule is CCCCCCCCCCCCCc1ccc(CCCCCCCCCCCCC)c(SP([O-])([O-])=S)c1.[Zn+2]. The Kier molecular flexibility index (Phi) is 27.2. The minimum atomic E-state index is -3.81. The van der Waals surface area contributed by atoms with Crippen molar-refractivity contribution in [2.45, 2.75) is 173 Å².